The Kier molecular flexibility index (Phi) is 3.53. The fourth-order valence-electron chi connectivity index (χ4n) is 2.96. The first-order valence-electron chi connectivity index (χ1n) is 7.21. The van der Waals surface area contributed by atoms with Gasteiger partial charge in [0.2, 0.25) is 0 Å². The molecule has 0 radical (unpaired) electrons. The van der Waals surface area contributed by atoms with Crippen molar-refractivity contribution in [3.63, 3.8) is 0 Å². The molecule has 100 valence electrons. The number of nitrogens with two attached hydrogens (primary N) is 1. The Morgan fingerprint density at radius 3 is 2.84 bits per heavy atom. The Labute approximate surface area is 114 Å². The van der Waals surface area contributed by atoms with Gasteiger partial charge in [0.15, 0.2) is 0 Å². The average Bonchev–Trinajstić information content (AvgIpc) is 2.45. The number of nitrogens with one attached hydrogen (secondary N) is 1. The number of hydrogen-bond acceptors (Lipinski definition) is 3. The number of anilines is 2. The van der Waals surface area contributed by atoms with Crippen molar-refractivity contribution in [3.05, 3.63) is 30.5 Å². The molecule has 3 N–H and O–H groups in total. The third-order valence-corrected chi connectivity index (χ3v) is 4.07. The molecular weight excluding hydrogens is 234 g/mol. The summed E-state index contributed by atoms with van der Waals surface area (Å²) < 4.78 is 0. The summed E-state index contributed by atoms with van der Waals surface area (Å²) >= 11 is 0. The van der Waals surface area contributed by atoms with E-state index in [0.29, 0.717) is 0 Å². The average molecular weight is 255 g/mol. The van der Waals surface area contributed by atoms with Crippen molar-refractivity contribution in [2.75, 3.05) is 17.6 Å². The molecule has 0 amide bonds. The minimum absolute atomic E-state index is 0.768. The van der Waals surface area contributed by atoms with Crippen molar-refractivity contribution in [1.29, 1.82) is 0 Å². The molecule has 1 aromatic heterocycles. The predicted octanol–water partition coefficient (Wildman–Crippen LogP) is 3.81. The summed E-state index contributed by atoms with van der Waals surface area (Å²) in [4.78, 5) is 4.38. The molecule has 3 nitrogen and oxygen atoms in total. The molecule has 0 atom stereocenters. The summed E-state index contributed by atoms with van der Waals surface area (Å²) in [5.41, 5.74) is 8.72. The van der Waals surface area contributed by atoms with E-state index in [-0.39, 0.29) is 0 Å². The van der Waals surface area contributed by atoms with Crippen molar-refractivity contribution in [1.82, 2.24) is 4.98 Å². The number of hydrogen-bond donors (Lipinski definition) is 2. The Bertz CT molecular complexity index is 559. The molecule has 0 aliphatic heterocycles. The summed E-state index contributed by atoms with van der Waals surface area (Å²) in [7, 11) is 0. The number of nitrogen functional groups attached to an aromatic ring is 1. The summed E-state index contributed by atoms with van der Waals surface area (Å²) in [6.45, 7) is 1.07. The van der Waals surface area contributed by atoms with Gasteiger partial charge < -0.3 is 11.1 Å². The van der Waals surface area contributed by atoms with E-state index in [2.05, 4.69) is 22.4 Å². The van der Waals surface area contributed by atoms with Crippen molar-refractivity contribution >= 4 is 22.3 Å². The van der Waals surface area contributed by atoms with Gasteiger partial charge in [0.05, 0.1) is 5.52 Å². The smallest absolute Gasteiger partial charge is 0.0743 e. The van der Waals surface area contributed by atoms with E-state index in [1.165, 1.54) is 37.8 Å². The van der Waals surface area contributed by atoms with Gasteiger partial charge in [0, 0.05) is 29.5 Å². The zero-order chi connectivity index (χ0) is 13.1. The molecule has 1 aliphatic carbocycles. The second-order valence-electron chi connectivity index (χ2n) is 5.52. The van der Waals surface area contributed by atoms with Crippen LogP contribution in [0.5, 0.6) is 0 Å². The number of benzene rings is 1. The topological polar surface area (TPSA) is 50.9 Å². The predicted molar refractivity (Wildman–Crippen MR) is 81.2 cm³/mol. The van der Waals surface area contributed by atoms with E-state index >= 15 is 0 Å². The van der Waals surface area contributed by atoms with E-state index < -0.39 is 0 Å². The lowest BCUT2D eigenvalue weighted by Gasteiger charge is -2.22. The molecule has 0 bridgehead atoms. The minimum Gasteiger partial charge on any atom is -0.399 e. The van der Waals surface area contributed by atoms with Crippen LogP contribution in [0.3, 0.4) is 0 Å². The summed E-state index contributed by atoms with van der Waals surface area (Å²) in [5.74, 6) is 0.825. The Balaban J connectivity index is 1.76. The van der Waals surface area contributed by atoms with Gasteiger partial charge in [-0.3, -0.25) is 4.98 Å². The molecule has 1 heterocycles. The number of pyridine rings is 1. The van der Waals surface area contributed by atoms with Crippen molar-refractivity contribution < 1.29 is 0 Å². The van der Waals surface area contributed by atoms with Crippen LogP contribution < -0.4 is 11.1 Å². The molecule has 2 aromatic rings. The van der Waals surface area contributed by atoms with Crippen LogP contribution in [0.2, 0.25) is 0 Å². The molecule has 0 unspecified atom stereocenters. The Morgan fingerprint density at radius 2 is 2.00 bits per heavy atom. The van der Waals surface area contributed by atoms with Gasteiger partial charge in [-0.25, -0.2) is 0 Å². The third kappa shape index (κ3) is 2.80. The van der Waals surface area contributed by atoms with E-state index in [4.69, 9.17) is 5.73 Å². The quantitative estimate of drug-likeness (QED) is 0.820. The van der Waals surface area contributed by atoms with Crippen LogP contribution in [0.25, 0.3) is 10.9 Å². The molecule has 19 heavy (non-hydrogen) atoms. The van der Waals surface area contributed by atoms with Crippen LogP contribution in [0, 0.1) is 5.92 Å². The third-order valence-electron chi connectivity index (χ3n) is 4.07. The second kappa shape index (κ2) is 5.47. The summed E-state index contributed by atoms with van der Waals surface area (Å²) in [5, 5.41) is 4.76. The maximum atomic E-state index is 5.80. The fraction of sp³-hybridized carbons (Fsp3) is 0.438. The van der Waals surface area contributed by atoms with Crippen LogP contribution >= 0.6 is 0 Å². The molecule has 1 aromatic carbocycles. The van der Waals surface area contributed by atoms with E-state index in [1.54, 1.807) is 0 Å². The van der Waals surface area contributed by atoms with Gasteiger partial charge in [0.25, 0.3) is 0 Å². The van der Waals surface area contributed by atoms with Gasteiger partial charge in [-0.2, -0.15) is 0 Å². The van der Waals surface area contributed by atoms with Crippen molar-refractivity contribution in [2.45, 2.75) is 32.1 Å². The Hall–Kier alpha value is -1.77. The van der Waals surface area contributed by atoms with E-state index in [1.807, 2.05) is 18.3 Å². The number of aromatic nitrogens is 1. The Morgan fingerprint density at radius 1 is 1.16 bits per heavy atom. The van der Waals surface area contributed by atoms with Crippen LogP contribution in [0.4, 0.5) is 11.4 Å². The van der Waals surface area contributed by atoms with Gasteiger partial charge in [-0.15, -0.1) is 0 Å². The molecule has 1 aliphatic rings. The molecule has 3 heteroatoms. The molecule has 0 saturated heterocycles. The fourth-order valence-corrected chi connectivity index (χ4v) is 2.96. The lowest BCUT2D eigenvalue weighted by Crippen LogP contribution is -2.17. The molecule has 1 saturated carbocycles. The highest BCUT2D eigenvalue weighted by Gasteiger charge is 2.13. The summed E-state index contributed by atoms with van der Waals surface area (Å²) in [6, 6.07) is 7.99. The first-order valence-corrected chi connectivity index (χ1v) is 7.21. The minimum atomic E-state index is 0.768. The highest BCUT2D eigenvalue weighted by Crippen LogP contribution is 2.26. The highest BCUT2D eigenvalue weighted by atomic mass is 14.9. The SMILES string of the molecule is Nc1ccc2c(NCC3CCCCC3)ccnc2c1. The zero-order valence-corrected chi connectivity index (χ0v) is 11.2. The van der Waals surface area contributed by atoms with E-state index in [9.17, 15) is 0 Å². The first kappa shape index (κ1) is 12.3. The van der Waals surface area contributed by atoms with Crippen LogP contribution in [0.15, 0.2) is 30.5 Å². The van der Waals surface area contributed by atoms with Crippen LogP contribution in [0.1, 0.15) is 32.1 Å². The monoisotopic (exact) mass is 255 g/mol. The highest BCUT2D eigenvalue weighted by molar-refractivity contribution is 5.92. The summed E-state index contributed by atoms with van der Waals surface area (Å²) in [6.07, 6.45) is 8.77. The van der Waals surface area contributed by atoms with Gasteiger partial charge in [-0.1, -0.05) is 19.3 Å². The molecule has 0 spiro atoms. The standard InChI is InChI=1S/C16H21N3/c17-13-6-7-14-15(8-9-18-16(14)10-13)19-11-12-4-2-1-3-5-12/h6-10,12H,1-5,11,17H2,(H,18,19). The first-order chi connectivity index (χ1) is 9.33. The number of fused-ring (bicyclic) bond motifs is 1. The van der Waals surface area contributed by atoms with Gasteiger partial charge in [0.1, 0.15) is 0 Å². The van der Waals surface area contributed by atoms with Crippen LogP contribution in [-0.4, -0.2) is 11.5 Å². The molecule has 1 fully saturated rings. The van der Waals surface area contributed by atoms with Gasteiger partial charge in [-0.05, 0) is 43.0 Å². The van der Waals surface area contributed by atoms with Crippen molar-refractivity contribution in [2.24, 2.45) is 5.92 Å². The maximum Gasteiger partial charge on any atom is 0.0743 e. The normalized spacial score (nSPS) is 16.6. The second-order valence-corrected chi connectivity index (χ2v) is 5.52. The van der Waals surface area contributed by atoms with Crippen LogP contribution in [-0.2, 0) is 0 Å². The maximum absolute atomic E-state index is 5.80. The van der Waals surface area contributed by atoms with E-state index in [0.717, 1.165) is 29.1 Å². The zero-order valence-electron chi connectivity index (χ0n) is 11.2. The number of rotatable bonds is 3. The number of nitrogens with zero attached hydrogens (tertiary/aromatic N) is 1. The largest absolute Gasteiger partial charge is 0.399 e. The lowest BCUT2D eigenvalue weighted by molar-refractivity contribution is 0.373. The van der Waals surface area contributed by atoms with Gasteiger partial charge >= 0.3 is 0 Å². The lowest BCUT2D eigenvalue weighted by atomic mass is 9.89. The van der Waals surface area contributed by atoms with Crippen molar-refractivity contribution in [3.8, 4) is 0 Å². The molecular formula is C16H21N3. The molecule has 3 rings (SSSR count).